The molecule has 0 saturated heterocycles. The first kappa shape index (κ1) is 15.3. The van der Waals surface area contributed by atoms with Gasteiger partial charge in [0.05, 0.1) is 6.54 Å². The average molecular weight is 276 g/mol. The van der Waals surface area contributed by atoms with Crippen molar-refractivity contribution in [2.75, 3.05) is 20.2 Å². The highest BCUT2D eigenvalue weighted by atomic mass is 19.4. The molecule has 0 spiro atoms. The average Bonchev–Trinajstić information content (AvgIpc) is 2.34. The van der Waals surface area contributed by atoms with E-state index in [0.29, 0.717) is 6.54 Å². The summed E-state index contributed by atoms with van der Waals surface area (Å²) in [5.41, 5.74) is 0.781. The minimum atomic E-state index is -4.35. The van der Waals surface area contributed by atoms with E-state index in [2.05, 4.69) is 15.4 Å². The number of hydrogen-bond acceptors (Lipinski definition) is 3. The van der Waals surface area contributed by atoms with Gasteiger partial charge in [-0.2, -0.15) is 13.2 Å². The van der Waals surface area contributed by atoms with Crippen molar-refractivity contribution in [3.8, 4) is 5.75 Å². The molecule has 0 radical (unpaired) electrons. The fraction of sp³-hybridized carbons (Fsp3) is 0.417. The number of halogens is 3. The quantitative estimate of drug-likeness (QED) is 0.827. The van der Waals surface area contributed by atoms with Crippen molar-refractivity contribution in [1.29, 1.82) is 0 Å². The summed E-state index contributed by atoms with van der Waals surface area (Å²) in [6.45, 7) is -0.780. The summed E-state index contributed by atoms with van der Waals surface area (Å²) < 4.78 is 40.3. The standard InChI is InChI=1S/C12H15F3N2O2/c1-16-7-11(18)17-6-9-2-4-10(5-3-9)19-8-12(13,14)15/h2-5,16H,6-8H2,1H3,(H,17,18). The van der Waals surface area contributed by atoms with Gasteiger partial charge in [0.1, 0.15) is 5.75 Å². The molecule has 2 N–H and O–H groups in total. The lowest BCUT2D eigenvalue weighted by atomic mass is 10.2. The third-order valence-corrected chi connectivity index (χ3v) is 2.15. The molecule has 19 heavy (non-hydrogen) atoms. The zero-order chi connectivity index (χ0) is 14.3. The Morgan fingerprint density at radius 1 is 1.26 bits per heavy atom. The van der Waals surface area contributed by atoms with Crippen LogP contribution in [0.3, 0.4) is 0 Å². The smallest absolute Gasteiger partial charge is 0.422 e. The molecule has 0 bridgehead atoms. The van der Waals surface area contributed by atoms with Crippen molar-refractivity contribution in [2.45, 2.75) is 12.7 Å². The third-order valence-electron chi connectivity index (χ3n) is 2.15. The van der Waals surface area contributed by atoms with Crippen molar-refractivity contribution in [3.05, 3.63) is 29.8 Å². The second-order valence-corrected chi connectivity index (χ2v) is 3.85. The first-order valence-electron chi connectivity index (χ1n) is 5.60. The molecule has 1 aromatic rings. The van der Waals surface area contributed by atoms with Crippen molar-refractivity contribution in [1.82, 2.24) is 10.6 Å². The van der Waals surface area contributed by atoms with Crippen LogP contribution in [-0.2, 0) is 11.3 Å². The third kappa shape index (κ3) is 6.66. The van der Waals surface area contributed by atoms with Crippen LogP contribution in [0.15, 0.2) is 24.3 Å². The normalized spacial score (nSPS) is 11.2. The molecule has 0 aliphatic heterocycles. The van der Waals surface area contributed by atoms with Gasteiger partial charge in [0.15, 0.2) is 6.61 Å². The number of amides is 1. The Morgan fingerprint density at radius 3 is 2.42 bits per heavy atom. The van der Waals surface area contributed by atoms with Gasteiger partial charge in [-0.05, 0) is 24.7 Å². The van der Waals surface area contributed by atoms with Crippen LogP contribution in [0, 0.1) is 0 Å². The SMILES string of the molecule is CNCC(=O)NCc1ccc(OCC(F)(F)F)cc1. The van der Waals surface area contributed by atoms with E-state index in [9.17, 15) is 18.0 Å². The largest absolute Gasteiger partial charge is 0.484 e. The molecule has 0 saturated carbocycles. The van der Waals surface area contributed by atoms with Gasteiger partial charge in [0, 0.05) is 6.54 Å². The van der Waals surface area contributed by atoms with E-state index >= 15 is 0 Å². The molecule has 0 aliphatic rings. The summed E-state index contributed by atoms with van der Waals surface area (Å²) >= 11 is 0. The molecular weight excluding hydrogens is 261 g/mol. The molecule has 1 amide bonds. The maximum absolute atomic E-state index is 11.9. The van der Waals surface area contributed by atoms with Gasteiger partial charge < -0.3 is 15.4 Å². The molecule has 0 aromatic heterocycles. The summed E-state index contributed by atoms with van der Waals surface area (Å²) in [5.74, 6) is -0.0116. The minimum absolute atomic E-state index is 0.141. The number of rotatable bonds is 6. The topological polar surface area (TPSA) is 50.4 Å². The fourth-order valence-corrected chi connectivity index (χ4v) is 1.29. The first-order chi connectivity index (χ1) is 8.90. The van der Waals surface area contributed by atoms with Gasteiger partial charge in [-0.3, -0.25) is 4.79 Å². The van der Waals surface area contributed by atoms with Crippen molar-refractivity contribution < 1.29 is 22.7 Å². The summed E-state index contributed by atoms with van der Waals surface area (Å²) in [7, 11) is 1.66. The van der Waals surface area contributed by atoms with Crippen LogP contribution < -0.4 is 15.4 Å². The zero-order valence-corrected chi connectivity index (χ0v) is 10.4. The Kier molecular flexibility index (Phi) is 5.62. The number of carbonyl (C=O) groups is 1. The van der Waals surface area contributed by atoms with Gasteiger partial charge in [0.2, 0.25) is 5.91 Å². The molecule has 4 nitrogen and oxygen atoms in total. The monoisotopic (exact) mass is 276 g/mol. The van der Waals surface area contributed by atoms with Crippen LogP contribution in [0.4, 0.5) is 13.2 Å². The predicted octanol–water partition coefficient (Wildman–Crippen LogP) is 1.46. The second kappa shape index (κ2) is 6.98. The van der Waals surface area contributed by atoms with Crippen LogP contribution >= 0.6 is 0 Å². The van der Waals surface area contributed by atoms with Crippen molar-refractivity contribution in [3.63, 3.8) is 0 Å². The molecular formula is C12H15F3N2O2. The highest BCUT2D eigenvalue weighted by Gasteiger charge is 2.28. The Morgan fingerprint density at radius 2 is 1.89 bits per heavy atom. The maximum atomic E-state index is 11.9. The van der Waals surface area contributed by atoms with E-state index in [4.69, 9.17) is 0 Å². The predicted molar refractivity (Wildman–Crippen MR) is 63.8 cm³/mol. The number of alkyl halides is 3. The van der Waals surface area contributed by atoms with Gasteiger partial charge >= 0.3 is 6.18 Å². The molecule has 106 valence electrons. The van der Waals surface area contributed by atoms with E-state index in [1.165, 1.54) is 12.1 Å². The summed E-state index contributed by atoms with van der Waals surface area (Å²) in [5, 5.41) is 5.36. The number of hydrogen-bond donors (Lipinski definition) is 2. The lowest BCUT2D eigenvalue weighted by Gasteiger charge is -2.10. The Labute approximate surface area is 108 Å². The highest BCUT2D eigenvalue weighted by molar-refractivity contribution is 5.77. The molecule has 0 heterocycles. The van der Waals surface area contributed by atoms with Crippen LogP contribution in [0.2, 0.25) is 0 Å². The summed E-state index contributed by atoms with van der Waals surface area (Å²) in [4.78, 5) is 11.2. The fourth-order valence-electron chi connectivity index (χ4n) is 1.29. The van der Waals surface area contributed by atoms with Gasteiger partial charge in [0.25, 0.3) is 0 Å². The number of nitrogens with one attached hydrogen (secondary N) is 2. The van der Waals surface area contributed by atoms with E-state index in [1.54, 1.807) is 19.2 Å². The van der Waals surface area contributed by atoms with Gasteiger partial charge in [-0.1, -0.05) is 12.1 Å². The molecule has 1 rings (SSSR count). The van der Waals surface area contributed by atoms with E-state index in [-0.39, 0.29) is 18.2 Å². The maximum Gasteiger partial charge on any atom is 0.422 e. The Bertz CT molecular complexity index is 404. The molecule has 0 aliphatic carbocycles. The number of benzene rings is 1. The Hall–Kier alpha value is -1.76. The number of likely N-dealkylation sites (N-methyl/N-ethyl adjacent to an activating group) is 1. The van der Waals surface area contributed by atoms with Crippen LogP contribution in [0.5, 0.6) is 5.75 Å². The van der Waals surface area contributed by atoms with Gasteiger partial charge in [-0.15, -0.1) is 0 Å². The van der Waals surface area contributed by atoms with E-state index in [1.807, 2.05) is 0 Å². The first-order valence-corrected chi connectivity index (χ1v) is 5.60. The molecule has 0 fully saturated rings. The van der Waals surface area contributed by atoms with Crippen molar-refractivity contribution in [2.24, 2.45) is 0 Å². The van der Waals surface area contributed by atoms with E-state index < -0.39 is 12.8 Å². The van der Waals surface area contributed by atoms with Crippen LogP contribution in [-0.4, -0.2) is 32.3 Å². The van der Waals surface area contributed by atoms with Crippen molar-refractivity contribution >= 4 is 5.91 Å². The van der Waals surface area contributed by atoms with Gasteiger partial charge in [-0.25, -0.2) is 0 Å². The summed E-state index contributed by atoms with van der Waals surface area (Å²) in [6, 6.07) is 6.08. The Balaban J connectivity index is 2.41. The van der Waals surface area contributed by atoms with Crippen LogP contribution in [0.1, 0.15) is 5.56 Å². The zero-order valence-electron chi connectivity index (χ0n) is 10.4. The second-order valence-electron chi connectivity index (χ2n) is 3.85. The minimum Gasteiger partial charge on any atom is -0.484 e. The molecule has 7 heteroatoms. The molecule has 0 atom stereocenters. The highest BCUT2D eigenvalue weighted by Crippen LogP contribution is 2.18. The number of carbonyl (C=O) groups excluding carboxylic acids is 1. The summed E-state index contributed by atoms with van der Waals surface area (Å²) in [6.07, 6.45) is -4.35. The lowest BCUT2D eigenvalue weighted by Crippen LogP contribution is -2.31. The van der Waals surface area contributed by atoms with E-state index in [0.717, 1.165) is 5.56 Å². The lowest BCUT2D eigenvalue weighted by molar-refractivity contribution is -0.153. The molecule has 1 aromatic carbocycles. The van der Waals surface area contributed by atoms with Crippen LogP contribution in [0.25, 0.3) is 0 Å². The number of ether oxygens (including phenoxy) is 1. The molecule has 0 unspecified atom stereocenters.